The number of halogens is 1. The van der Waals surface area contributed by atoms with Crippen LogP contribution in [0.4, 0.5) is 5.82 Å². The maximum absolute atomic E-state index is 5.89. The molecule has 0 aromatic carbocycles. The van der Waals surface area contributed by atoms with E-state index in [9.17, 15) is 0 Å². The zero-order valence-corrected chi connectivity index (χ0v) is 9.69. The Labute approximate surface area is 97.8 Å². The molecule has 6 heteroatoms. The third-order valence-corrected chi connectivity index (χ3v) is 2.47. The molecule has 0 fully saturated rings. The summed E-state index contributed by atoms with van der Waals surface area (Å²) < 4.78 is 6.87. The van der Waals surface area contributed by atoms with E-state index >= 15 is 0 Å². The lowest BCUT2D eigenvalue weighted by Gasteiger charge is -2.07. The number of nitrogens with two attached hydrogens (primary N) is 1. The summed E-state index contributed by atoms with van der Waals surface area (Å²) in [6, 6.07) is 1.74. The minimum absolute atomic E-state index is 0.395. The Kier molecular flexibility index (Phi) is 2.70. The molecule has 16 heavy (non-hydrogen) atoms. The zero-order valence-electron chi connectivity index (χ0n) is 8.94. The maximum Gasteiger partial charge on any atom is 0.164 e. The molecule has 0 aliphatic rings. The predicted molar refractivity (Wildman–Crippen MR) is 62.4 cm³/mol. The van der Waals surface area contributed by atoms with Crippen molar-refractivity contribution in [2.45, 2.75) is 0 Å². The van der Waals surface area contributed by atoms with Gasteiger partial charge in [0.05, 0.1) is 18.3 Å². The normalized spacial score (nSPS) is 10.4. The quantitative estimate of drug-likeness (QED) is 0.865. The molecule has 2 aromatic rings. The summed E-state index contributed by atoms with van der Waals surface area (Å²) in [4.78, 5) is 4.00. The molecule has 0 saturated heterocycles. The van der Waals surface area contributed by atoms with Gasteiger partial charge < -0.3 is 10.5 Å². The summed E-state index contributed by atoms with van der Waals surface area (Å²) in [6.45, 7) is 0. The second kappa shape index (κ2) is 4.02. The highest BCUT2D eigenvalue weighted by Crippen LogP contribution is 2.33. The second-order valence-corrected chi connectivity index (χ2v) is 3.71. The van der Waals surface area contributed by atoms with Crippen LogP contribution < -0.4 is 10.5 Å². The van der Waals surface area contributed by atoms with Crippen LogP contribution >= 0.6 is 11.6 Å². The standard InChI is InChI=1S/C10H11ClN4O/c1-15-9(8(16-2)5-14-15)7-3-6(11)4-13-10(7)12/h3-5H,1-2H3,(H2,12,13). The van der Waals surface area contributed by atoms with Crippen molar-refractivity contribution in [3.05, 3.63) is 23.5 Å². The number of pyridine rings is 1. The van der Waals surface area contributed by atoms with Crippen LogP contribution in [0.1, 0.15) is 0 Å². The summed E-state index contributed by atoms with van der Waals surface area (Å²) in [5, 5.41) is 4.62. The van der Waals surface area contributed by atoms with Gasteiger partial charge >= 0.3 is 0 Å². The van der Waals surface area contributed by atoms with Gasteiger partial charge in [0, 0.05) is 18.8 Å². The highest BCUT2D eigenvalue weighted by atomic mass is 35.5. The molecule has 84 valence electrons. The van der Waals surface area contributed by atoms with Crippen molar-refractivity contribution in [1.82, 2.24) is 14.8 Å². The summed E-state index contributed by atoms with van der Waals surface area (Å²) in [5.74, 6) is 1.03. The number of aryl methyl sites for hydroxylation is 1. The molecule has 2 aromatic heterocycles. The summed E-state index contributed by atoms with van der Waals surface area (Å²) >= 11 is 5.89. The van der Waals surface area contributed by atoms with E-state index in [-0.39, 0.29) is 0 Å². The first kappa shape index (κ1) is 10.8. The lowest BCUT2D eigenvalue weighted by molar-refractivity contribution is 0.416. The molecule has 0 atom stereocenters. The third kappa shape index (κ3) is 1.69. The molecular formula is C10H11ClN4O. The number of nitrogen functional groups attached to an aromatic ring is 1. The minimum Gasteiger partial charge on any atom is -0.493 e. The first-order valence-corrected chi connectivity index (χ1v) is 4.98. The highest BCUT2D eigenvalue weighted by Gasteiger charge is 2.15. The number of methoxy groups -OCH3 is 1. The molecule has 0 bridgehead atoms. The predicted octanol–water partition coefficient (Wildman–Crippen LogP) is 1.73. The van der Waals surface area contributed by atoms with Gasteiger partial charge in [-0.25, -0.2) is 4.98 Å². The number of aromatic nitrogens is 3. The molecule has 0 spiro atoms. The van der Waals surface area contributed by atoms with Crippen molar-refractivity contribution in [1.29, 1.82) is 0 Å². The zero-order chi connectivity index (χ0) is 11.7. The molecule has 2 N–H and O–H groups in total. The Hall–Kier alpha value is -1.75. The van der Waals surface area contributed by atoms with Crippen LogP contribution in [0.2, 0.25) is 5.02 Å². The van der Waals surface area contributed by atoms with E-state index in [1.165, 1.54) is 6.20 Å². The Morgan fingerprint density at radius 1 is 1.44 bits per heavy atom. The van der Waals surface area contributed by atoms with Gasteiger partial charge in [-0.3, -0.25) is 4.68 Å². The molecule has 5 nitrogen and oxygen atoms in total. The van der Waals surface area contributed by atoms with Crippen molar-refractivity contribution in [3.63, 3.8) is 0 Å². The first-order valence-electron chi connectivity index (χ1n) is 4.61. The monoisotopic (exact) mass is 238 g/mol. The average Bonchev–Trinajstić information content (AvgIpc) is 2.63. The molecule has 2 heterocycles. The van der Waals surface area contributed by atoms with Crippen LogP contribution in [-0.4, -0.2) is 21.9 Å². The lowest BCUT2D eigenvalue weighted by atomic mass is 10.2. The third-order valence-electron chi connectivity index (χ3n) is 2.27. The minimum atomic E-state index is 0.395. The van der Waals surface area contributed by atoms with E-state index in [1.54, 1.807) is 31.1 Å². The molecule has 0 aliphatic carbocycles. The molecule has 0 unspecified atom stereocenters. The maximum atomic E-state index is 5.89. The number of hydrogen-bond acceptors (Lipinski definition) is 4. The lowest BCUT2D eigenvalue weighted by Crippen LogP contribution is -2.00. The fourth-order valence-corrected chi connectivity index (χ4v) is 1.67. The van der Waals surface area contributed by atoms with Crippen molar-refractivity contribution < 1.29 is 4.74 Å². The Bertz CT molecular complexity index is 524. The van der Waals surface area contributed by atoms with Gasteiger partial charge in [-0.05, 0) is 6.07 Å². The van der Waals surface area contributed by atoms with Crippen LogP contribution in [0.15, 0.2) is 18.5 Å². The van der Waals surface area contributed by atoms with Gasteiger partial charge in [0.2, 0.25) is 0 Å². The molecule has 0 amide bonds. The van der Waals surface area contributed by atoms with E-state index in [0.717, 1.165) is 5.69 Å². The van der Waals surface area contributed by atoms with Crippen molar-refractivity contribution in [2.75, 3.05) is 12.8 Å². The van der Waals surface area contributed by atoms with Gasteiger partial charge in [0.25, 0.3) is 0 Å². The van der Waals surface area contributed by atoms with Gasteiger partial charge in [-0.15, -0.1) is 0 Å². The van der Waals surface area contributed by atoms with Crippen LogP contribution in [0.25, 0.3) is 11.3 Å². The molecule has 0 saturated carbocycles. The first-order chi connectivity index (χ1) is 7.63. The Morgan fingerprint density at radius 3 is 2.88 bits per heavy atom. The number of nitrogens with zero attached hydrogens (tertiary/aromatic N) is 3. The largest absolute Gasteiger partial charge is 0.493 e. The van der Waals surface area contributed by atoms with E-state index in [4.69, 9.17) is 22.1 Å². The van der Waals surface area contributed by atoms with Crippen LogP contribution in [0.3, 0.4) is 0 Å². The number of ether oxygens (including phenoxy) is 1. The van der Waals surface area contributed by atoms with Crippen molar-refractivity contribution in [2.24, 2.45) is 7.05 Å². The fourth-order valence-electron chi connectivity index (χ4n) is 1.51. The summed E-state index contributed by atoms with van der Waals surface area (Å²) in [6.07, 6.45) is 3.12. The molecule has 2 rings (SSSR count). The van der Waals surface area contributed by atoms with Gasteiger partial charge in [-0.1, -0.05) is 11.6 Å². The van der Waals surface area contributed by atoms with E-state index in [0.29, 0.717) is 22.2 Å². The summed E-state index contributed by atoms with van der Waals surface area (Å²) in [7, 11) is 3.38. The van der Waals surface area contributed by atoms with Gasteiger partial charge in [-0.2, -0.15) is 5.10 Å². The van der Waals surface area contributed by atoms with Crippen molar-refractivity contribution in [3.8, 4) is 17.0 Å². The van der Waals surface area contributed by atoms with Crippen LogP contribution in [0, 0.1) is 0 Å². The smallest absolute Gasteiger partial charge is 0.164 e. The number of anilines is 1. The van der Waals surface area contributed by atoms with Crippen LogP contribution in [-0.2, 0) is 7.05 Å². The van der Waals surface area contributed by atoms with E-state index in [2.05, 4.69) is 10.1 Å². The highest BCUT2D eigenvalue weighted by molar-refractivity contribution is 6.30. The molecule has 0 radical (unpaired) electrons. The molecular weight excluding hydrogens is 228 g/mol. The van der Waals surface area contributed by atoms with Gasteiger partial charge in [0.15, 0.2) is 5.75 Å². The second-order valence-electron chi connectivity index (χ2n) is 3.27. The van der Waals surface area contributed by atoms with Crippen LogP contribution in [0.5, 0.6) is 5.75 Å². The Balaban J connectivity index is 2.66. The number of hydrogen-bond donors (Lipinski definition) is 1. The number of rotatable bonds is 2. The van der Waals surface area contributed by atoms with Gasteiger partial charge in [0.1, 0.15) is 11.5 Å². The molecule has 0 aliphatic heterocycles. The van der Waals surface area contributed by atoms with E-state index in [1.807, 2.05) is 0 Å². The fraction of sp³-hybridized carbons (Fsp3) is 0.200. The van der Waals surface area contributed by atoms with E-state index < -0.39 is 0 Å². The Morgan fingerprint density at radius 2 is 2.19 bits per heavy atom. The summed E-state index contributed by atoms with van der Waals surface area (Å²) in [5.41, 5.74) is 7.28. The SMILES string of the molecule is COc1cnn(C)c1-c1cc(Cl)cnc1N. The van der Waals surface area contributed by atoms with Crippen molar-refractivity contribution >= 4 is 17.4 Å². The average molecular weight is 239 g/mol. The topological polar surface area (TPSA) is 66.0 Å².